The fourth-order valence-corrected chi connectivity index (χ4v) is 4.06. The second-order valence-electron chi connectivity index (χ2n) is 6.41. The molecule has 0 radical (unpaired) electrons. The van der Waals surface area contributed by atoms with E-state index in [1.54, 1.807) is 11.3 Å². The SMILES string of the molecule is O=C(CCc1cccs1)NCC(c1ccccc1)N1CCCCC1. The van der Waals surface area contributed by atoms with Gasteiger partial charge in [0, 0.05) is 17.8 Å². The zero-order valence-electron chi connectivity index (χ0n) is 14.1. The molecule has 3 nitrogen and oxygen atoms in total. The number of hydrogen-bond donors (Lipinski definition) is 1. The van der Waals surface area contributed by atoms with E-state index in [-0.39, 0.29) is 11.9 Å². The molecule has 24 heavy (non-hydrogen) atoms. The molecule has 1 aliphatic heterocycles. The Morgan fingerprint density at radius 1 is 1.08 bits per heavy atom. The average Bonchev–Trinajstić information content (AvgIpc) is 3.16. The van der Waals surface area contributed by atoms with Gasteiger partial charge in [0.15, 0.2) is 0 Å². The number of aryl methyl sites for hydroxylation is 1. The topological polar surface area (TPSA) is 32.3 Å². The number of nitrogens with zero attached hydrogens (tertiary/aromatic N) is 1. The van der Waals surface area contributed by atoms with Crippen LogP contribution in [0, 0.1) is 0 Å². The molecule has 1 atom stereocenters. The highest BCUT2D eigenvalue weighted by Crippen LogP contribution is 2.24. The van der Waals surface area contributed by atoms with Crippen molar-refractivity contribution in [2.24, 2.45) is 0 Å². The van der Waals surface area contributed by atoms with Gasteiger partial charge in [-0.05, 0) is 49.4 Å². The van der Waals surface area contributed by atoms with Gasteiger partial charge in [-0.3, -0.25) is 9.69 Å². The van der Waals surface area contributed by atoms with Crippen molar-refractivity contribution in [3.05, 3.63) is 58.3 Å². The first kappa shape index (κ1) is 17.2. The maximum absolute atomic E-state index is 12.2. The number of amides is 1. The molecule has 1 aromatic heterocycles. The second kappa shape index (κ2) is 9.00. The fourth-order valence-electron chi connectivity index (χ4n) is 3.35. The molecule has 2 heterocycles. The summed E-state index contributed by atoms with van der Waals surface area (Å²) in [5.74, 6) is 0.154. The van der Waals surface area contributed by atoms with E-state index >= 15 is 0 Å². The Morgan fingerprint density at radius 3 is 2.58 bits per heavy atom. The van der Waals surface area contributed by atoms with Crippen LogP contribution in [-0.4, -0.2) is 30.4 Å². The molecule has 1 fully saturated rings. The number of thiophene rings is 1. The minimum atomic E-state index is 0.154. The fraction of sp³-hybridized carbons (Fsp3) is 0.450. The van der Waals surface area contributed by atoms with Gasteiger partial charge >= 0.3 is 0 Å². The number of likely N-dealkylation sites (tertiary alicyclic amines) is 1. The number of rotatable bonds is 7. The first-order chi connectivity index (χ1) is 11.8. The van der Waals surface area contributed by atoms with Crippen LogP contribution in [0.5, 0.6) is 0 Å². The zero-order valence-corrected chi connectivity index (χ0v) is 14.9. The van der Waals surface area contributed by atoms with E-state index in [2.05, 4.69) is 52.0 Å². The molecule has 1 unspecified atom stereocenters. The molecule has 1 saturated heterocycles. The quantitative estimate of drug-likeness (QED) is 0.824. The van der Waals surface area contributed by atoms with Gasteiger partial charge in [0.25, 0.3) is 0 Å². The van der Waals surface area contributed by atoms with Crippen LogP contribution in [0.3, 0.4) is 0 Å². The van der Waals surface area contributed by atoms with E-state index in [9.17, 15) is 4.79 Å². The van der Waals surface area contributed by atoms with Gasteiger partial charge < -0.3 is 5.32 Å². The summed E-state index contributed by atoms with van der Waals surface area (Å²) in [6.45, 7) is 2.96. The Morgan fingerprint density at radius 2 is 1.88 bits per heavy atom. The zero-order chi connectivity index (χ0) is 16.6. The highest BCUT2D eigenvalue weighted by atomic mass is 32.1. The standard InChI is InChI=1S/C20H26N2OS/c23-20(12-11-18-10-7-15-24-18)21-16-19(17-8-3-1-4-9-17)22-13-5-2-6-14-22/h1,3-4,7-10,15,19H,2,5-6,11-14,16H2,(H,21,23). The largest absolute Gasteiger partial charge is 0.354 e. The third-order valence-electron chi connectivity index (χ3n) is 4.69. The van der Waals surface area contributed by atoms with Crippen molar-refractivity contribution in [1.82, 2.24) is 10.2 Å². The molecule has 1 N–H and O–H groups in total. The van der Waals surface area contributed by atoms with Crippen LogP contribution < -0.4 is 5.32 Å². The van der Waals surface area contributed by atoms with Crippen molar-refractivity contribution in [1.29, 1.82) is 0 Å². The Kier molecular flexibility index (Phi) is 6.44. The summed E-state index contributed by atoms with van der Waals surface area (Å²) in [6.07, 6.45) is 5.25. The lowest BCUT2D eigenvalue weighted by Gasteiger charge is -2.35. The Balaban J connectivity index is 1.56. The van der Waals surface area contributed by atoms with Crippen LogP contribution in [0.4, 0.5) is 0 Å². The second-order valence-corrected chi connectivity index (χ2v) is 7.44. The molecular formula is C20H26N2OS. The summed E-state index contributed by atoms with van der Waals surface area (Å²) < 4.78 is 0. The summed E-state index contributed by atoms with van der Waals surface area (Å²) in [5.41, 5.74) is 1.30. The number of carbonyl (C=O) groups excluding carboxylic acids is 1. The number of hydrogen-bond acceptors (Lipinski definition) is 3. The summed E-state index contributed by atoms with van der Waals surface area (Å²) in [6, 6.07) is 15.0. The van der Waals surface area contributed by atoms with Gasteiger partial charge in [-0.25, -0.2) is 0 Å². The number of carbonyl (C=O) groups is 1. The minimum Gasteiger partial charge on any atom is -0.354 e. The molecule has 2 aromatic rings. The van der Waals surface area contributed by atoms with Gasteiger partial charge in [0.2, 0.25) is 5.91 Å². The van der Waals surface area contributed by atoms with Crippen molar-refractivity contribution in [3.8, 4) is 0 Å². The average molecular weight is 343 g/mol. The maximum atomic E-state index is 12.2. The highest BCUT2D eigenvalue weighted by molar-refractivity contribution is 7.09. The Bertz CT molecular complexity index is 606. The van der Waals surface area contributed by atoms with Crippen LogP contribution in [0.15, 0.2) is 47.8 Å². The van der Waals surface area contributed by atoms with Gasteiger partial charge in [-0.15, -0.1) is 11.3 Å². The predicted octanol–water partition coefficient (Wildman–Crippen LogP) is 4.02. The van der Waals surface area contributed by atoms with E-state index in [4.69, 9.17) is 0 Å². The van der Waals surface area contributed by atoms with Crippen LogP contribution in [0.25, 0.3) is 0 Å². The number of benzene rings is 1. The van der Waals surface area contributed by atoms with E-state index < -0.39 is 0 Å². The predicted molar refractivity (Wildman–Crippen MR) is 100 cm³/mol. The molecule has 3 rings (SSSR count). The molecular weight excluding hydrogens is 316 g/mol. The molecule has 1 aliphatic rings. The van der Waals surface area contributed by atoms with Crippen molar-refractivity contribution in [3.63, 3.8) is 0 Å². The first-order valence-electron chi connectivity index (χ1n) is 8.91. The smallest absolute Gasteiger partial charge is 0.220 e. The number of piperidine rings is 1. The summed E-state index contributed by atoms with van der Waals surface area (Å²) in [4.78, 5) is 16.0. The summed E-state index contributed by atoms with van der Waals surface area (Å²) >= 11 is 1.72. The maximum Gasteiger partial charge on any atom is 0.220 e. The van der Waals surface area contributed by atoms with Crippen molar-refractivity contribution in [2.45, 2.75) is 38.1 Å². The summed E-state index contributed by atoms with van der Waals surface area (Å²) in [5, 5.41) is 5.23. The van der Waals surface area contributed by atoms with Crippen LogP contribution in [0.1, 0.15) is 42.2 Å². The molecule has 0 spiro atoms. The van der Waals surface area contributed by atoms with Crippen LogP contribution >= 0.6 is 11.3 Å². The van der Waals surface area contributed by atoms with Gasteiger partial charge in [-0.2, -0.15) is 0 Å². The first-order valence-corrected chi connectivity index (χ1v) is 9.79. The van der Waals surface area contributed by atoms with Gasteiger partial charge in [-0.1, -0.05) is 42.8 Å². The molecule has 1 amide bonds. The van der Waals surface area contributed by atoms with E-state index in [1.165, 1.54) is 29.7 Å². The van der Waals surface area contributed by atoms with Gasteiger partial charge in [0.1, 0.15) is 0 Å². The van der Waals surface area contributed by atoms with Crippen molar-refractivity contribution >= 4 is 17.2 Å². The molecule has 1 aromatic carbocycles. The lowest BCUT2D eigenvalue weighted by molar-refractivity contribution is -0.121. The Hall–Kier alpha value is -1.65. The van der Waals surface area contributed by atoms with E-state index in [0.717, 1.165) is 19.5 Å². The molecule has 0 aliphatic carbocycles. The normalized spacial score (nSPS) is 16.7. The van der Waals surface area contributed by atoms with Crippen molar-refractivity contribution < 1.29 is 4.79 Å². The highest BCUT2D eigenvalue weighted by Gasteiger charge is 2.22. The molecule has 4 heteroatoms. The third kappa shape index (κ3) is 4.92. The lowest BCUT2D eigenvalue weighted by Crippen LogP contribution is -2.40. The third-order valence-corrected chi connectivity index (χ3v) is 5.62. The Labute approximate surface area is 148 Å². The van der Waals surface area contributed by atoms with Crippen molar-refractivity contribution in [2.75, 3.05) is 19.6 Å². The van der Waals surface area contributed by atoms with Crippen LogP contribution in [-0.2, 0) is 11.2 Å². The number of nitrogens with one attached hydrogen (secondary N) is 1. The minimum absolute atomic E-state index is 0.154. The molecule has 128 valence electrons. The van der Waals surface area contributed by atoms with Gasteiger partial charge in [0.05, 0.1) is 6.04 Å². The summed E-state index contributed by atoms with van der Waals surface area (Å²) in [7, 11) is 0. The van der Waals surface area contributed by atoms with E-state index in [0.29, 0.717) is 13.0 Å². The van der Waals surface area contributed by atoms with Crippen LogP contribution in [0.2, 0.25) is 0 Å². The molecule has 0 saturated carbocycles. The molecule has 0 bridgehead atoms. The van der Waals surface area contributed by atoms with E-state index in [1.807, 2.05) is 6.07 Å². The lowest BCUT2D eigenvalue weighted by atomic mass is 10.0. The monoisotopic (exact) mass is 342 g/mol.